The maximum atomic E-state index is 6.03. The Morgan fingerprint density at radius 1 is 1.53 bits per heavy atom. The van der Waals surface area contributed by atoms with Crippen LogP contribution in [0, 0.1) is 0 Å². The summed E-state index contributed by atoms with van der Waals surface area (Å²) in [6.45, 7) is 0.536. The topological polar surface area (TPSA) is 68.8 Å². The van der Waals surface area contributed by atoms with Crippen LogP contribution in [0.1, 0.15) is 5.56 Å². The third-order valence-corrected chi connectivity index (χ3v) is 3.04. The van der Waals surface area contributed by atoms with Gasteiger partial charge in [-0.2, -0.15) is 5.10 Å². The zero-order valence-electron chi connectivity index (χ0n) is 9.11. The van der Waals surface area contributed by atoms with Crippen molar-refractivity contribution in [2.75, 3.05) is 11.1 Å². The minimum Gasteiger partial charge on any atom is -0.384 e. The molecule has 90 valence electrons. The molecule has 7 heteroatoms. The molecule has 0 unspecified atom stereocenters. The Hall–Kier alpha value is -1.27. The summed E-state index contributed by atoms with van der Waals surface area (Å²) in [4.78, 5) is 4.17. The first-order chi connectivity index (χ1) is 8.08. The summed E-state index contributed by atoms with van der Waals surface area (Å²) >= 11 is 9.33. The molecule has 0 aliphatic heterocycles. The summed E-state index contributed by atoms with van der Waals surface area (Å²) in [5.74, 6) is 1.25. The summed E-state index contributed by atoms with van der Waals surface area (Å²) < 4.78 is 2.46. The van der Waals surface area contributed by atoms with Crippen LogP contribution in [-0.2, 0) is 13.6 Å². The van der Waals surface area contributed by atoms with Gasteiger partial charge in [0.25, 0.3) is 0 Å². The van der Waals surface area contributed by atoms with Gasteiger partial charge in [0.2, 0.25) is 0 Å². The van der Waals surface area contributed by atoms with E-state index in [1.165, 1.54) is 0 Å². The highest BCUT2D eigenvalue weighted by Gasteiger charge is 2.06. The Morgan fingerprint density at radius 2 is 2.29 bits per heavy atom. The molecule has 0 aromatic carbocycles. The quantitative estimate of drug-likeness (QED) is 0.912. The van der Waals surface area contributed by atoms with Crippen LogP contribution >= 0.6 is 27.5 Å². The molecule has 0 bridgehead atoms. The van der Waals surface area contributed by atoms with Crippen molar-refractivity contribution in [3.63, 3.8) is 0 Å². The number of anilines is 2. The second kappa shape index (κ2) is 4.93. The number of nitrogens with two attached hydrogens (primary N) is 1. The molecule has 0 saturated carbocycles. The standard InChI is InChI=1S/C10H11BrClN5/c1-17-9(13)6(4-16-17)3-14-10-8(12)2-7(11)5-15-10/h2,4-5H,3,13H2,1H3,(H,14,15). The smallest absolute Gasteiger partial charge is 0.145 e. The van der Waals surface area contributed by atoms with Crippen molar-refractivity contribution in [3.05, 3.63) is 33.5 Å². The van der Waals surface area contributed by atoms with Gasteiger partial charge in [-0.3, -0.25) is 4.68 Å². The summed E-state index contributed by atoms with van der Waals surface area (Å²) in [5.41, 5.74) is 6.74. The van der Waals surface area contributed by atoms with E-state index < -0.39 is 0 Å². The molecule has 0 spiro atoms. The average molecular weight is 317 g/mol. The zero-order valence-corrected chi connectivity index (χ0v) is 11.5. The second-order valence-electron chi connectivity index (χ2n) is 3.52. The van der Waals surface area contributed by atoms with E-state index in [9.17, 15) is 0 Å². The number of rotatable bonds is 3. The van der Waals surface area contributed by atoms with E-state index in [0.717, 1.165) is 10.0 Å². The van der Waals surface area contributed by atoms with E-state index in [4.69, 9.17) is 17.3 Å². The predicted molar refractivity (Wildman–Crippen MR) is 71.9 cm³/mol. The molecule has 0 amide bonds. The van der Waals surface area contributed by atoms with Gasteiger partial charge < -0.3 is 11.1 Å². The van der Waals surface area contributed by atoms with E-state index in [-0.39, 0.29) is 0 Å². The van der Waals surface area contributed by atoms with Gasteiger partial charge in [-0.05, 0) is 22.0 Å². The Morgan fingerprint density at radius 3 is 2.88 bits per heavy atom. The summed E-state index contributed by atoms with van der Waals surface area (Å²) in [6.07, 6.45) is 3.40. The van der Waals surface area contributed by atoms with Crippen molar-refractivity contribution in [1.29, 1.82) is 0 Å². The van der Waals surface area contributed by atoms with E-state index in [1.807, 2.05) is 0 Å². The van der Waals surface area contributed by atoms with Crippen LogP contribution in [-0.4, -0.2) is 14.8 Å². The number of hydrogen-bond donors (Lipinski definition) is 2. The number of aryl methyl sites for hydroxylation is 1. The van der Waals surface area contributed by atoms with Gasteiger partial charge in [-0.15, -0.1) is 0 Å². The third kappa shape index (κ3) is 2.70. The predicted octanol–water partition coefficient (Wildman–Crippen LogP) is 2.43. The van der Waals surface area contributed by atoms with Crippen LogP contribution in [0.15, 0.2) is 22.9 Å². The lowest BCUT2D eigenvalue weighted by molar-refractivity contribution is 0.778. The van der Waals surface area contributed by atoms with Gasteiger partial charge in [-0.1, -0.05) is 11.6 Å². The maximum absolute atomic E-state index is 6.03. The molecule has 2 heterocycles. The molecule has 5 nitrogen and oxygen atoms in total. The largest absolute Gasteiger partial charge is 0.384 e. The molecule has 0 fully saturated rings. The molecule has 0 aliphatic rings. The normalized spacial score (nSPS) is 10.5. The van der Waals surface area contributed by atoms with Gasteiger partial charge in [0.05, 0.1) is 11.2 Å². The fraction of sp³-hybridized carbons (Fsp3) is 0.200. The summed E-state index contributed by atoms with van der Waals surface area (Å²) in [6, 6.07) is 1.78. The van der Waals surface area contributed by atoms with Crippen LogP contribution in [0.5, 0.6) is 0 Å². The zero-order chi connectivity index (χ0) is 12.4. The van der Waals surface area contributed by atoms with Crippen molar-refractivity contribution in [2.24, 2.45) is 7.05 Å². The Balaban J connectivity index is 2.10. The van der Waals surface area contributed by atoms with Crippen molar-refractivity contribution >= 4 is 39.2 Å². The summed E-state index contributed by atoms with van der Waals surface area (Å²) in [7, 11) is 1.80. The lowest BCUT2D eigenvalue weighted by atomic mass is 10.3. The Labute approximate surface area is 112 Å². The molecular formula is C10H11BrClN5. The number of nitrogens with zero attached hydrogens (tertiary/aromatic N) is 3. The number of hydrogen-bond acceptors (Lipinski definition) is 4. The van der Waals surface area contributed by atoms with Crippen LogP contribution < -0.4 is 11.1 Å². The van der Waals surface area contributed by atoms with Crippen molar-refractivity contribution < 1.29 is 0 Å². The SMILES string of the molecule is Cn1ncc(CNc2ncc(Br)cc2Cl)c1N. The van der Waals surface area contributed by atoms with E-state index >= 15 is 0 Å². The van der Waals surface area contributed by atoms with Crippen LogP contribution in [0.4, 0.5) is 11.6 Å². The molecule has 0 aliphatic carbocycles. The molecule has 17 heavy (non-hydrogen) atoms. The molecule has 0 saturated heterocycles. The number of pyridine rings is 1. The van der Waals surface area contributed by atoms with Crippen LogP contribution in [0.3, 0.4) is 0 Å². The minimum absolute atomic E-state index is 0.536. The number of nitrogens with one attached hydrogen (secondary N) is 1. The minimum atomic E-state index is 0.536. The van der Waals surface area contributed by atoms with Gasteiger partial charge in [0.15, 0.2) is 0 Å². The summed E-state index contributed by atoms with van der Waals surface area (Å²) in [5, 5.41) is 7.73. The second-order valence-corrected chi connectivity index (χ2v) is 4.84. The highest BCUT2D eigenvalue weighted by Crippen LogP contribution is 2.23. The number of nitrogen functional groups attached to an aromatic ring is 1. The van der Waals surface area contributed by atoms with Crippen LogP contribution in [0.25, 0.3) is 0 Å². The van der Waals surface area contributed by atoms with Gasteiger partial charge >= 0.3 is 0 Å². The molecule has 2 aromatic rings. The molecule has 0 radical (unpaired) electrons. The first-order valence-corrected chi connectivity index (χ1v) is 6.06. The molecular weight excluding hydrogens is 306 g/mol. The third-order valence-electron chi connectivity index (χ3n) is 2.32. The highest BCUT2D eigenvalue weighted by molar-refractivity contribution is 9.10. The molecule has 3 N–H and O–H groups in total. The molecule has 2 rings (SSSR count). The highest BCUT2D eigenvalue weighted by atomic mass is 79.9. The fourth-order valence-electron chi connectivity index (χ4n) is 1.35. The average Bonchev–Trinajstić information content (AvgIpc) is 2.59. The maximum Gasteiger partial charge on any atom is 0.145 e. The van der Waals surface area contributed by atoms with E-state index in [2.05, 4.69) is 31.3 Å². The lowest BCUT2D eigenvalue weighted by Crippen LogP contribution is -2.05. The lowest BCUT2D eigenvalue weighted by Gasteiger charge is -2.07. The first kappa shape index (κ1) is 12.2. The molecule has 0 atom stereocenters. The monoisotopic (exact) mass is 315 g/mol. The van der Waals surface area contributed by atoms with E-state index in [0.29, 0.717) is 23.2 Å². The molecule has 2 aromatic heterocycles. The Kier molecular flexibility index (Phi) is 3.54. The fourth-order valence-corrected chi connectivity index (χ4v) is 2.05. The van der Waals surface area contributed by atoms with Gasteiger partial charge in [0.1, 0.15) is 11.6 Å². The number of aromatic nitrogens is 3. The van der Waals surface area contributed by atoms with Crippen molar-refractivity contribution in [3.8, 4) is 0 Å². The van der Waals surface area contributed by atoms with E-state index in [1.54, 1.807) is 30.2 Å². The van der Waals surface area contributed by atoms with Gasteiger partial charge in [0, 0.05) is 29.8 Å². The Bertz CT molecular complexity index is 539. The van der Waals surface area contributed by atoms with Crippen molar-refractivity contribution in [2.45, 2.75) is 6.54 Å². The number of halogens is 2. The van der Waals surface area contributed by atoms with Crippen LogP contribution in [0.2, 0.25) is 5.02 Å². The van der Waals surface area contributed by atoms with Crippen molar-refractivity contribution in [1.82, 2.24) is 14.8 Å². The first-order valence-electron chi connectivity index (χ1n) is 4.89. The van der Waals surface area contributed by atoms with Gasteiger partial charge in [-0.25, -0.2) is 4.98 Å².